The maximum Gasteiger partial charge on any atom is 0.151 e. The van der Waals surface area contributed by atoms with Crippen LogP contribution in [0.25, 0.3) is 0 Å². The topological polar surface area (TPSA) is 29.5 Å². The van der Waals surface area contributed by atoms with E-state index in [0.29, 0.717) is 13.0 Å². The van der Waals surface area contributed by atoms with Gasteiger partial charge in [-0.25, -0.2) is 0 Å². The Morgan fingerprint density at radius 2 is 1.83 bits per heavy atom. The van der Waals surface area contributed by atoms with Crippen LogP contribution in [0.1, 0.15) is 5.56 Å². The van der Waals surface area contributed by atoms with Crippen molar-refractivity contribution in [2.24, 2.45) is 0 Å². The summed E-state index contributed by atoms with van der Waals surface area (Å²) in [6.45, 7) is 3.79. The molecular formula is C13H17ClINO2. The fourth-order valence-electron chi connectivity index (χ4n) is 1.89. The molecule has 0 N–H and O–H groups in total. The zero-order chi connectivity index (χ0) is 12.1. The molecule has 1 aliphatic rings. The molecule has 1 aliphatic heterocycles. The molecular weight excluding hydrogens is 365 g/mol. The number of carbonyl (C=O) groups is 1. The van der Waals surface area contributed by atoms with Gasteiger partial charge < -0.3 is 4.74 Å². The van der Waals surface area contributed by atoms with Gasteiger partial charge >= 0.3 is 0 Å². The normalized spacial score (nSPS) is 16.1. The first-order chi connectivity index (χ1) is 8.24. The molecule has 1 aromatic rings. The highest BCUT2D eigenvalue weighted by atomic mass is 127. The second-order valence-electron chi connectivity index (χ2n) is 4.23. The van der Waals surface area contributed by atoms with Crippen LogP contribution in [0.5, 0.6) is 0 Å². The number of halogens is 2. The average molecular weight is 382 g/mol. The molecule has 0 amide bonds. The Kier molecular flexibility index (Phi) is 7.14. The van der Waals surface area contributed by atoms with Gasteiger partial charge in [0.1, 0.15) is 0 Å². The van der Waals surface area contributed by atoms with Gasteiger partial charge in [-0.1, -0.05) is 12.1 Å². The standard InChI is InChI=1S/C13H16INO2.ClH/c14-12-3-1-11(2-4-12)9-13(16)10-15-5-7-17-8-6-15;/h1-4H,5-10H2;1H. The summed E-state index contributed by atoms with van der Waals surface area (Å²) >= 11 is 2.27. The van der Waals surface area contributed by atoms with Crippen LogP contribution in [0, 0.1) is 3.57 Å². The number of rotatable bonds is 4. The smallest absolute Gasteiger partial charge is 0.151 e. The molecule has 0 bridgehead atoms. The quantitative estimate of drug-likeness (QED) is 0.749. The lowest BCUT2D eigenvalue weighted by Gasteiger charge is -2.25. The highest BCUT2D eigenvalue weighted by Crippen LogP contribution is 2.08. The third-order valence-corrected chi connectivity index (χ3v) is 3.54. The summed E-state index contributed by atoms with van der Waals surface area (Å²) in [5.74, 6) is 0.285. The predicted octanol–water partition coefficient (Wildman–Crippen LogP) is 2.16. The molecule has 3 nitrogen and oxygen atoms in total. The van der Waals surface area contributed by atoms with Crippen LogP contribution in [0.15, 0.2) is 24.3 Å². The summed E-state index contributed by atoms with van der Waals surface area (Å²) in [4.78, 5) is 14.0. The van der Waals surface area contributed by atoms with Crippen LogP contribution in [0.2, 0.25) is 0 Å². The molecule has 0 saturated carbocycles. The summed E-state index contributed by atoms with van der Waals surface area (Å²) < 4.78 is 6.46. The van der Waals surface area contributed by atoms with Crippen molar-refractivity contribution in [3.63, 3.8) is 0 Å². The van der Waals surface area contributed by atoms with E-state index in [9.17, 15) is 4.79 Å². The molecule has 1 saturated heterocycles. The van der Waals surface area contributed by atoms with Crippen molar-refractivity contribution in [1.29, 1.82) is 0 Å². The van der Waals surface area contributed by atoms with Gasteiger partial charge in [-0.2, -0.15) is 0 Å². The summed E-state index contributed by atoms with van der Waals surface area (Å²) in [6, 6.07) is 8.13. The Hall–Kier alpha value is -0.170. The van der Waals surface area contributed by atoms with Gasteiger partial charge in [-0.3, -0.25) is 9.69 Å². The van der Waals surface area contributed by atoms with Crippen molar-refractivity contribution in [2.45, 2.75) is 6.42 Å². The van der Waals surface area contributed by atoms with Crippen molar-refractivity contribution in [2.75, 3.05) is 32.8 Å². The summed E-state index contributed by atoms with van der Waals surface area (Å²) in [5.41, 5.74) is 1.10. The first-order valence-electron chi connectivity index (χ1n) is 5.80. The van der Waals surface area contributed by atoms with Crippen molar-refractivity contribution in [3.8, 4) is 0 Å². The van der Waals surface area contributed by atoms with Crippen LogP contribution < -0.4 is 0 Å². The van der Waals surface area contributed by atoms with Crippen molar-refractivity contribution >= 4 is 40.8 Å². The maximum atomic E-state index is 11.9. The Bertz CT molecular complexity index is 377. The number of benzene rings is 1. The van der Waals surface area contributed by atoms with E-state index in [1.54, 1.807) is 0 Å². The van der Waals surface area contributed by atoms with E-state index in [2.05, 4.69) is 27.5 Å². The van der Waals surface area contributed by atoms with Gasteiger partial charge in [0.05, 0.1) is 19.8 Å². The maximum absolute atomic E-state index is 11.9. The fraction of sp³-hybridized carbons (Fsp3) is 0.462. The molecule has 1 fully saturated rings. The van der Waals surface area contributed by atoms with Gasteiger partial charge in [-0.05, 0) is 40.3 Å². The molecule has 1 aromatic carbocycles. The van der Waals surface area contributed by atoms with E-state index in [4.69, 9.17) is 4.74 Å². The minimum Gasteiger partial charge on any atom is -0.379 e. The lowest BCUT2D eigenvalue weighted by atomic mass is 10.1. The minimum absolute atomic E-state index is 0. The molecule has 18 heavy (non-hydrogen) atoms. The zero-order valence-corrected chi connectivity index (χ0v) is 13.1. The molecule has 100 valence electrons. The monoisotopic (exact) mass is 381 g/mol. The van der Waals surface area contributed by atoms with Gasteiger partial charge in [0.15, 0.2) is 5.78 Å². The van der Waals surface area contributed by atoms with Gasteiger partial charge in [0.2, 0.25) is 0 Å². The molecule has 0 aliphatic carbocycles. The summed E-state index contributed by atoms with van der Waals surface area (Å²) in [5, 5.41) is 0. The lowest BCUT2D eigenvalue weighted by molar-refractivity contribution is -0.120. The van der Waals surface area contributed by atoms with E-state index in [-0.39, 0.29) is 18.2 Å². The number of nitrogens with zero attached hydrogens (tertiary/aromatic N) is 1. The fourth-order valence-corrected chi connectivity index (χ4v) is 2.25. The Morgan fingerprint density at radius 3 is 2.44 bits per heavy atom. The number of carbonyl (C=O) groups excluding carboxylic acids is 1. The molecule has 2 rings (SSSR count). The molecule has 0 atom stereocenters. The van der Waals surface area contributed by atoms with E-state index in [1.807, 2.05) is 24.3 Å². The number of hydrogen-bond acceptors (Lipinski definition) is 3. The first kappa shape index (κ1) is 15.9. The van der Waals surface area contributed by atoms with Crippen LogP contribution >= 0.6 is 35.0 Å². The second kappa shape index (κ2) is 8.09. The molecule has 0 unspecified atom stereocenters. The number of ether oxygens (including phenoxy) is 1. The van der Waals surface area contributed by atoms with Crippen LogP contribution in [0.4, 0.5) is 0 Å². The van der Waals surface area contributed by atoms with Gasteiger partial charge in [0, 0.05) is 23.1 Å². The summed E-state index contributed by atoms with van der Waals surface area (Å²) in [7, 11) is 0. The van der Waals surface area contributed by atoms with E-state index in [1.165, 1.54) is 3.57 Å². The molecule has 0 aromatic heterocycles. The zero-order valence-electron chi connectivity index (χ0n) is 10.1. The molecule has 1 heterocycles. The van der Waals surface area contributed by atoms with Crippen LogP contribution in [-0.2, 0) is 16.0 Å². The predicted molar refractivity (Wildman–Crippen MR) is 82.4 cm³/mol. The van der Waals surface area contributed by atoms with Crippen LogP contribution in [0.3, 0.4) is 0 Å². The summed E-state index contributed by atoms with van der Waals surface area (Å²) in [6.07, 6.45) is 0.536. The molecule has 0 radical (unpaired) electrons. The minimum atomic E-state index is 0. The second-order valence-corrected chi connectivity index (χ2v) is 5.48. The molecule has 0 spiro atoms. The van der Waals surface area contributed by atoms with Crippen molar-refractivity contribution in [1.82, 2.24) is 4.90 Å². The highest BCUT2D eigenvalue weighted by Gasteiger charge is 2.14. The SMILES string of the molecule is Cl.O=C(Cc1ccc(I)cc1)CN1CCOCC1. The van der Waals surface area contributed by atoms with E-state index < -0.39 is 0 Å². The van der Waals surface area contributed by atoms with Crippen molar-refractivity contribution in [3.05, 3.63) is 33.4 Å². The molecule has 5 heteroatoms. The third kappa shape index (κ3) is 5.22. The first-order valence-corrected chi connectivity index (χ1v) is 6.88. The number of hydrogen-bond donors (Lipinski definition) is 0. The number of morpholine rings is 1. The number of ketones is 1. The Balaban J connectivity index is 0.00000162. The van der Waals surface area contributed by atoms with E-state index >= 15 is 0 Å². The Morgan fingerprint density at radius 1 is 1.22 bits per heavy atom. The number of Topliss-reactive ketones (excluding diaryl/α,β-unsaturated/α-hetero) is 1. The van der Waals surface area contributed by atoms with Crippen LogP contribution in [-0.4, -0.2) is 43.5 Å². The Labute approximate surface area is 127 Å². The van der Waals surface area contributed by atoms with Gasteiger partial charge in [-0.15, -0.1) is 12.4 Å². The average Bonchev–Trinajstić information content (AvgIpc) is 2.33. The third-order valence-electron chi connectivity index (χ3n) is 2.82. The lowest BCUT2D eigenvalue weighted by Crippen LogP contribution is -2.39. The van der Waals surface area contributed by atoms with Gasteiger partial charge in [0.25, 0.3) is 0 Å². The largest absolute Gasteiger partial charge is 0.379 e. The van der Waals surface area contributed by atoms with Crippen molar-refractivity contribution < 1.29 is 9.53 Å². The van der Waals surface area contributed by atoms with E-state index in [0.717, 1.165) is 31.9 Å². The highest BCUT2D eigenvalue weighted by molar-refractivity contribution is 14.1.